The zero-order valence-electron chi connectivity index (χ0n) is 12.0. The zero-order valence-corrected chi connectivity index (χ0v) is 12.8. The van der Waals surface area contributed by atoms with Gasteiger partial charge in [0, 0.05) is 18.0 Å². The van der Waals surface area contributed by atoms with Crippen LogP contribution >= 0.6 is 0 Å². The first-order valence-electron chi connectivity index (χ1n) is 7.20. The van der Waals surface area contributed by atoms with Crippen molar-refractivity contribution in [3.8, 4) is 0 Å². The van der Waals surface area contributed by atoms with E-state index in [2.05, 4.69) is 5.32 Å². The van der Waals surface area contributed by atoms with Gasteiger partial charge in [-0.2, -0.15) is 0 Å². The molecule has 1 saturated heterocycles. The Bertz CT molecular complexity index is 757. The van der Waals surface area contributed by atoms with Crippen LogP contribution < -0.4 is 5.32 Å². The molecule has 2 atom stereocenters. The van der Waals surface area contributed by atoms with Crippen LogP contribution in [0.5, 0.6) is 0 Å². The number of nitrogens with one attached hydrogen (secondary N) is 1. The molecule has 2 unspecified atom stereocenters. The fourth-order valence-electron chi connectivity index (χ4n) is 2.75. The van der Waals surface area contributed by atoms with Crippen LogP contribution in [0.1, 0.15) is 16.8 Å². The van der Waals surface area contributed by atoms with E-state index in [9.17, 15) is 13.2 Å². The van der Waals surface area contributed by atoms with Crippen molar-refractivity contribution in [2.45, 2.75) is 16.7 Å². The Hall–Kier alpha value is -1.98. The molecule has 2 aromatic rings. The summed E-state index contributed by atoms with van der Waals surface area (Å²) in [5, 5.41) is 2.29. The smallest absolute Gasteiger partial charge is 0.194 e. The number of carbonyl (C=O) groups is 1. The summed E-state index contributed by atoms with van der Waals surface area (Å²) in [6, 6.07) is 17.4. The van der Waals surface area contributed by atoms with Crippen molar-refractivity contribution in [2.24, 2.45) is 5.92 Å². The minimum absolute atomic E-state index is 0.00105. The highest BCUT2D eigenvalue weighted by molar-refractivity contribution is 7.92. The number of rotatable bonds is 4. The third-order valence-electron chi connectivity index (χ3n) is 3.97. The maximum Gasteiger partial charge on any atom is 0.194 e. The first-order chi connectivity index (χ1) is 10.6. The van der Waals surface area contributed by atoms with Crippen LogP contribution in [0.4, 0.5) is 0 Å². The van der Waals surface area contributed by atoms with Gasteiger partial charge in [-0.15, -0.1) is 0 Å². The second-order valence-corrected chi connectivity index (χ2v) is 7.55. The molecule has 3 rings (SSSR count). The molecule has 1 heterocycles. The first-order valence-corrected chi connectivity index (χ1v) is 8.75. The predicted molar refractivity (Wildman–Crippen MR) is 84.3 cm³/mol. The van der Waals surface area contributed by atoms with Crippen LogP contribution in [0.3, 0.4) is 0 Å². The Kier molecular flexibility index (Phi) is 4.09. The Morgan fingerprint density at radius 3 is 2.18 bits per heavy atom. The molecular formula is C17H17NO3S. The lowest BCUT2D eigenvalue weighted by Crippen LogP contribution is -2.30. The van der Waals surface area contributed by atoms with E-state index >= 15 is 0 Å². The normalized spacial score (nSPS) is 21.6. The van der Waals surface area contributed by atoms with Gasteiger partial charge < -0.3 is 5.32 Å². The number of hydrogen-bond donors (Lipinski definition) is 1. The summed E-state index contributed by atoms with van der Waals surface area (Å²) in [5.41, 5.74) is 0.632. The summed E-state index contributed by atoms with van der Waals surface area (Å²) in [6.45, 7) is 0.393. The summed E-state index contributed by atoms with van der Waals surface area (Å²) in [7, 11) is -3.45. The van der Waals surface area contributed by atoms with Crippen LogP contribution in [0.15, 0.2) is 65.6 Å². The van der Waals surface area contributed by atoms with Gasteiger partial charge in [0.1, 0.15) is 5.37 Å². The number of ketones is 1. The van der Waals surface area contributed by atoms with Crippen molar-refractivity contribution in [1.29, 1.82) is 0 Å². The average Bonchev–Trinajstić information content (AvgIpc) is 3.06. The van der Waals surface area contributed by atoms with E-state index in [1.807, 2.05) is 18.2 Å². The van der Waals surface area contributed by atoms with Crippen LogP contribution in [0.25, 0.3) is 0 Å². The highest BCUT2D eigenvalue weighted by atomic mass is 32.2. The molecule has 0 spiro atoms. The second-order valence-electron chi connectivity index (χ2n) is 5.42. The van der Waals surface area contributed by atoms with Crippen LogP contribution in [0, 0.1) is 5.92 Å². The SMILES string of the molecule is O=C(c1ccccc1)C1CNC(S(=O)(=O)c2ccccc2)C1. The van der Waals surface area contributed by atoms with E-state index in [0.717, 1.165) is 0 Å². The van der Waals surface area contributed by atoms with Crippen LogP contribution in [-0.2, 0) is 9.84 Å². The quantitative estimate of drug-likeness (QED) is 0.879. The van der Waals surface area contributed by atoms with Crippen molar-refractivity contribution < 1.29 is 13.2 Å². The van der Waals surface area contributed by atoms with Crippen LogP contribution in [0.2, 0.25) is 0 Å². The largest absolute Gasteiger partial charge is 0.300 e. The standard InChI is InChI=1S/C17H17NO3S/c19-17(13-7-3-1-4-8-13)14-11-16(18-12-14)22(20,21)15-9-5-2-6-10-15/h1-10,14,16,18H,11-12H2. The maximum absolute atomic E-state index is 12.6. The number of benzene rings is 2. The van der Waals surface area contributed by atoms with E-state index in [4.69, 9.17) is 0 Å². The molecule has 4 nitrogen and oxygen atoms in total. The van der Waals surface area contributed by atoms with Crippen molar-refractivity contribution in [1.82, 2.24) is 5.32 Å². The van der Waals surface area contributed by atoms with Crippen molar-refractivity contribution in [3.05, 3.63) is 66.2 Å². The highest BCUT2D eigenvalue weighted by Gasteiger charge is 2.37. The first kappa shape index (κ1) is 14.9. The molecule has 2 aromatic carbocycles. The number of Topliss-reactive ketones (excluding diaryl/α,β-unsaturated/α-hetero) is 1. The molecule has 1 aliphatic heterocycles. The van der Waals surface area contributed by atoms with Gasteiger partial charge in [-0.3, -0.25) is 4.79 Å². The lowest BCUT2D eigenvalue weighted by atomic mass is 9.97. The molecular weight excluding hydrogens is 298 g/mol. The molecule has 0 radical (unpaired) electrons. The Morgan fingerprint density at radius 1 is 0.955 bits per heavy atom. The summed E-state index contributed by atoms with van der Waals surface area (Å²) >= 11 is 0. The van der Waals surface area contributed by atoms with E-state index in [1.165, 1.54) is 0 Å². The predicted octanol–water partition coefficient (Wildman–Crippen LogP) is 2.28. The van der Waals surface area contributed by atoms with Crippen molar-refractivity contribution in [2.75, 3.05) is 6.54 Å². The van der Waals surface area contributed by atoms with Crippen molar-refractivity contribution in [3.63, 3.8) is 0 Å². The van der Waals surface area contributed by atoms with Gasteiger partial charge in [0.25, 0.3) is 0 Å². The van der Waals surface area contributed by atoms with E-state index in [0.29, 0.717) is 23.4 Å². The fourth-order valence-corrected chi connectivity index (χ4v) is 4.41. The minimum atomic E-state index is -3.45. The molecule has 5 heteroatoms. The molecule has 0 aromatic heterocycles. The summed E-state index contributed by atoms with van der Waals surface area (Å²) in [6.07, 6.45) is 0.310. The maximum atomic E-state index is 12.6. The van der Waals surface area contributed by atoms with E-state index in [-0.39, 0.29) is 11.7 Å². The van der Waals surface area contributed by atoms with Crippen LogP contribution in [-0.4, -0.2) is 26.1 Å². The number of hydrogen-bond acceptors (Lipinski definition) is 4. The Labute approximate surface area is 130 Å². The Balaban J connectivity index is 1.77. The minimum Gasteiger partial charge on any atom is -0.300 e. The van der Waals surface area contributed by atoms with Gasteiger partial charge in [0.2, 0.25) is 0 Å². The monoisotopic (exact) mass is 315 g/mol. The third kappa shape index (κ3) is 2.82. The topological polar surface area (TPSA) is 63.2 Å². The van der Waals surface area contributed by atoms with Gasteiger partial charge >= 0.3 is 0 Å². The average molecular weight is 315 g/mol. The Morgan fingerprint density at radius 2 is 1.55 bits per heavy atom. The second kappa shape index (κ2) is 6.02. The van der Waals surface area contributed by atoms with Gasteiger partial charge in [0.15, 0.2) is 15.6 Å². The molecule has 22 heavy (non-hydrogen) atoms. The highest BCUT2D eigenvalue weighted by Crippen LogP contribution is 2.26. The summed E-state index contributed by atoms with van der Waals surface area (Å²) < 4.78 is 25.1. The molecule has 1 fully saturated rings. The van der Waals surface area contributed by atoms with E-state index in [1.54, 1.807) is 42.5 Å². The van der Waals surface area contributed by atoms with E-state index < -0.39 is 15.2 Å². The molecule has 0 saturated carbocycles. The lowest BCUT2D eigenvalue weighted by Gasteiger charge is -2.12. The third-order valence-corrected chi connectivity index (χ3v) is 6.00. The summed E-state index contributed by atoms with van der Waals surface area (Å²) in [5.74, 6) is -0.301. The fraction of sp³-hybridized carbons (Fsp3) is 0.235. The van der Waals surface area contributed by atoms with Gasteiger partial charge in [-0.25, -0.2) is 8.42 Å². The van der Waals surface area contributed by atoms with Gasteiger partial charge in [0.05, 0.1) is 4.90 Å². The lowest BCUT2D eigenvalue weighted by molar-refractivity contribution is 0.0930. The molecule has 1 aliphatic rings. The van der Waals surface area contributed by atoms with Crippen molar-refractivity contribution >= 4 is 15.6 Å². The van der Waals surface area contributed by atoms with Gasteiger partial charge in [-0.1, -0.05) is 48.5 Å². The van der Waals surface area contributed by atoms with Gasteiger partial charge in [-0.05, 0) is 18.6 Å². The molecule has 0 amide bonds. The zero-order chi connectivity index (χ0) is 15.6. The number of sulfone groups is 1. The molecule has 0 aliphatic carbocycles. The number of carbonyl (C=O) groups excluding carboxylic acids is 1. The molecule has 1 N–H and O–H groups in total. The summed E-state index contributed by atoms with van der Waals surface area (Å²) in [4.78, 5) is 12.7. The molecule has 0 bridgehead atoms. The molecule has 114 valence electrons.